The number of hydrogen-bond donors (Lipinski definition) is 0. The highest BCUT2D eigenvalue weighted by Gasteiger charge is 2.19. The Morgan fingerprint density at radius 3 is 1.52 bits per heavy atom. The summed E-state index contributed by atoms with van der Waals surface area (Å²) >= 11 is 0. The van der Waals surface area contributed by atoms with Crippen LogP contribution in [-0.4, -0.2) is 9.13 Å². The van der Waals surface area contributed by atoms with E-state index >= 15 is 0 Å². The van der Waals surface area contributed by atoms with Crippen molar-refractivity contribution in [3.05, 3.63) is 200 Å². The van der Waals surface area contributed by atoms with Crippen molar-refractivity contribution in [3.63, 3.8) is 0 Å². The Hall–Kier alpha value is -6.90. The second kappa shape index (κ2) is 12.4. The zero-order chi connectivity index (χ0) is 35.6. The summed E-state index contributed by atoms with van der Waals surface area (Å²) in [4.78, 5) is 0. The lowest BCUT2D eigenvalue weighted by Gasteiger charge is -2.18. The smallest absolute Gasteiger partial charge is 0.0541 e. The average Bonchev–Trinajstić information content (AvgIpc) is 3.76. The van der Waals surface area contributed by atoms with E-state index in [0.717, 1.165) is 12.8 Å². The van der Waals surface area contributed by atoms with E-state index in [1.165, 1.54) is 99.2 Å². The van der Waals surface area contributed by atoms with E-state index in [-0.39, 0.29) is 0 Å². The monoisotopic (exact) mass is 688 g/mol. The molecule has 10 aromatic rings. The molecule has 1 aliphatic rings. The molecular formula is C52H36N2. The van der Waals surface area contributed by atoms with Crippen molar-refractivity contribution in [2.45, 2.75) is 12.8 Å². The van der Waals surface area contributed by atoms with Crippen LogP contribution in [-0.2, 0) is 0 Å². The van der Waals surface area contributed by atoms with Crippen LogP contribution in [0.1, 0.15) is 18.4 Å². The second-order valence-electron chi connectivity index (χ2n) is 14.5. The Morgan fingerprint density at radius 2 is 0.833 bits per heavy atom. The first kappa shape index (κ1) is 30.7. The van der Waals surface area contributed by atoms with Crippen LogP contribution in [0.4, 0.5) is 0 Å². The van der Waals surface area contributed by atoms with Crippen LogP contribution in [0.15, 0.2) is 194 Å². The van der Waals surface area contributed by atoms with Crippen molar-refractivity contribution in [2.24, 2.45) is 0 Å². The summed E-state index contributed by atoms with van der Waals surface area (Å²) in [6.07, 6.45) is 6.66. The number of benzene rings is 8. The lowest BCUT2D eigenvalue weighted by atomic mass is 9.94. The summed E-state index contributed by atoms with van der Waals surface area (Å²) in [5.41, 5.74) is 15.2. The third-order valence-electron chi connectivity index (χ3n) is 11.5. The molecule has 54 heavy (non-hydrogen) atoms. The van der Waals surface area contributed by atoms with Crippen molar-refractivity contribution >= 4 is 65.7 Å². The molecule has 2 heterocycles. The molecule has 0 spiro atoms. The molecule has 0 bridgehead atoms. The molecule has 2 nitrogen and oxygen atoms in total. The van der Waals surface area contributed by atoms with Crippen LogP contribution in [0, 0.1) is 0 Å². The van der Waals surface area contributed by atoms with Crippen LogP contribution in [0.3, 0.4) is 0 Å². The molecule has 0 radical (unpaired) electrons. The van der Waals surface area contributed by atoms with Gasteiger partial charge in [0, 0.05) is 32.6 Å². The third-order valence-corrected chi connectivity index (χ3v) is 11.5. The first-order chi connectivity index (χ1) is 26.8. The highest BCUT2D eigenvalue weighted by Crippen LogP contribution is 2.40. The summed E-state index contributed by atoms with van der Waals surface area (Å²) in [6.45, 7) is 0. The van der Waals surface area contributed by atoms with Crippen LogP contribution >= 0.6 is 0 Å². The summed E-state index contributed by atoms with van der Waals surface area (Å²) in [5, 5.41) is 7.61. The minimum atomic E-state index is 0.985. The Bertz CT molecular complexity index is 3130. The quantitative estimate of drug-likeness (QED) is 0.170. The molecule has 0 saturated heterocycles. The summed E-state index contributed by atoms with van der Waals surface area (Å²) in [7, 11) is 0. The lowest BCUT2D eigenvalue weighted by Crippen LogP contribution is -2.01. The zero-order valence-corrected chi connectivity index (χ0v) is 29.8. The van der Waals surface area contributed by atoms with E-state index in [4.69, 9.17) is 0 Å². The van der Waals surface area contributed by atoms with Gasteiger partial charge in [0.1, 0.15) is 0 Å². The molecule has 2 heteroatoms. The second-order valence-corrected chi connectivity index (χ2v) is 14.5. The molecule has 254 valence electrons. The molecule has 1 aliphatic carbocycles. The Kier molecular flexibility index (Phi) is 7.03. The van der Waals surface area contributed by atoms with E-state index in [2.05, 4.69) is 203 Å². The number of hydrogen-bond acceptors (Lipinski definition) is 0. The molecular weight excluding hydrogens is 653 g/mol. The van der Waals surface area contributed by atoms with Crippen molar-refractivity contribution in [2.75, 3.05) is 0 Å². The highest BCUT2D eigenvalue weighted by atomic mass is 15.0. The molecule has 2 aromatic heterocycles. The molecule has 0 N–H and O–H groups in total. The number of fused-ring (bicyclic) bond motifs is 7. The number of allylic oxidation sites excluding steroid dienone is 4. The van der Waals surface area contributed by atoms with Gasteiger partial charge in [-0.05, 0) is 100 Å². The van der Waals surface area contributed by atoms with Gasteiger partial charge in [-0.25, -0.2) is 0 Å². The fourth-order valence-electron chi connectivity index (χ4n) is 8.84. The first-order valence-corrected chi connectivity index (χ1v) is 18.9. The average molecular weight is 689 g/mol. The minimum Gasteiger partial charge on any atom is -0.313 e. The van der Waals surface area contributed by atoms with Gasteiger partial charge in [0.25, 0.3) is 0 Å². The first-order valence-electron chi connectivity index (χ1n) is 18.9. The molecule has 0 unspecified atom stereocenters. The van der Waals surface area contributed by atoms with Gasteiger partial charge in [0.05, 0.1) is 27.8 Å². The van der Waals surface area contributed by atoms with Crippen LogP contribution in [0.2, 0.25) is 0 Å². The van der Waals surface area contributed by atoms with E-state index in [9.17, 15) is 0 Å². The van der Waals surface area contributed by atoms with Crippen molar-refractivity contribution in [1.82, 2.24) is 9.13 Å². The lowest BCUT2D eigenvalue weighted by molar-refractivity contribution is 0.992. The van der Waals surface area contributed by atoms with Crippen LogP contribution in [0.5, 0.6) is 0 Å². The summed E-state index contributed by atoms with van der Waals surface area (Å²) in [5.74, 6) is 0. The SMILES string of the molecule is C1=C(c2ccc(-c3ccccc3)cc2)CCC(n2c3ccccc3c3cc(-c4ccc5c(c4)c4ccccc4n5-c4cccc5ccccc45)ccc32)=C1. The maximum Gasteiger partial charge on any atom is 0.0541 e. The Morgan fingerprint density at radius 1 is 0.315 bits per heavy atom. The topological polar surface area (TPSA) is 9.86 Å². The predicted octanol–water partition coefficient (Wildman–Crippen LogP) is 14.1. The van der Waals surface area contributed by atoms with E-state index in [0.29, 0.717) is 0 Å². The molecule has 8 aromatic carbocycles. The van der Waals surface area contributed by atoms with E-state index in [1.54, 1.807) is 0 Å². The van der Waals surface area contributed by atoms with Gasteiger partial charge < -0.3 is 9.13 Å². The van der Waals surface area contributed by atoms with Crippen molar-refractivity contribution in [1.29, 1.82) is 0 Å². The number of nitrogens with zero attached hydrogens (tertiary/aromatic N) is 2. The van der Waals surface area contributed by atoms with Gasteiger partial charge in [-0.15, -0.1) is 0 Å². The van der Waals surface area contributed by atoms with E-state index in [1.807, 2.05) is 0 Å². The maximum absolute atomic E-state index is 2.49. The van der Waals surface area contributed by atoms with Crippen LogP contribution < -0.4 is 0 Å². The molecule has 0 saturated carbocycles. The van der Waals surface area contributed by atoms with Gasteiger partial charge in [0.2, 0.25) is 0 Å². The molecule has 0 fully saturated rings. The van der Waals surface area contributed by atoms with Gasteiger partial charge in [-0.3, -0.25) is 0 Å². The maximum atomic E-state index is 2.49. The third kappa shape index (κ3) is 4.88. The van der Waals surface area contributed by atoms with Gasteiger partial charge >= 0.3 is 0 Å². The molecule has 0 atom stereocenters. The van der Waals surface area contributed by atoms with Crippen LogP contribution in [0.25, 0.3) is 93.6 Å². The minimum absolute atomic E-state index is 0.985. The summed E-state index contributed by atoms with van der Waals surface area (Å²) < 4.78 is 4.92. The van der Waals surface area contributed by atoms with Crippen molar-refractivity contribution in [3.8, 4) is 27.9 Å². The van der Waals surface area contributed by atoms with Gasteiger partial charge in [0.15, 0.2) is 0 Å². The Labute approximate surface area is 314 Å². The molecule has 0 amide bonds. The number of para-hydroxylation sites is 2. The molecule has 0 aliphatic heterocycles. The molecule has 11 rings (SSSR count). The highest BCUT2D eigenvalue weighted by molar-refractivity contribution is 6.13. The van der Waals surface area contributed by atoms with Gasteiger partial charge in [-0.2, -0.15) is 0 Å². The summed E-state index contributed by atoms with van der Waals surface area (Å²) in [6, 6.07) is 66.7. The van der Waals surface area contributed by atoms with Gasteiger partial charge in [-0.1, -0.05) is 146 Å². The van der Waals surface area contributed by atoms with E-state index < -0.39 is 0 Å². The fourth-order valence-corrected chi connectivity index (χ4v) is 8.84. The fraction of sp³-hybridized carbons (Fsp3) is 0.0385. The normalized spacial score (nSPS) is 13.3. The predicted molar refractivity (Wildman–Crippen MR) is 230 cm³/mol. The number of aromatic nitrogens is 2. The standard InChI is InChI=1S/C52H36N2/c1-2-11-35(12-3-1)36-21-23-37(24-22-36)38-25-29-42(30-26-38)53-49-18-8-6-16-44(49)46-33-40(27-31-51(46)53)41-28-32-52-47(34-41)45-17-7-9-19-50(45)54(52)48-20-10-14-39-13-4-5-15-43(39)48/h1-25,27-29,31-34H,26,30H2. The number of rotatable bonds is 5. The zero-order valence-electron chi connectivity index (χ0n) is 29.8. The largest absolute Gasteiger partial charge is 0.313 e. The van der Waals surface area contributed by atoms with Crippen molar-refractivity contribution < 1.29 is 0 Å². The Balaban J connectivity index is 0.995.